The maximum atomic E-state index is 11.2. The summed E-state index contributed by atoms with van der Waals surface area (Å²) in [5.41, 5.74) is 0.940. The van der Waals surface area contributed by atoms with Gasteiger partial charge in [0.05, 0.1) is 0 Å². The van der Waals surface area contributed by atoms with Crippen LogP contribution in [0.1, 0.15) is 15.9 Å². The summed E-state index contributed by atoms with van der Waals surface area (Å²) < 4.78 is 6.59. The van der Waals surface area contributed by atoms with Crippen molar-refractivity contribution in [1.29, 1.82) is 0 Å². The van der Waals surface area contributed by atoms with Gasteiger partial charge in [-0.3, -0.25) is 0 Å². The van der Waals surface area contributed by atoms with Crippen molar-refractivity contribution < 1.29 is 14.6 Å². The van der Waals surface area contributed by atoms with Gasteiger partial charge in [-0.25, -0.2) is 4.79 Å². The van der Waals surface area contributed by atoms with E-state index in [4.69, 9.17) is 21.4 Å². The Bertz CT molecular complexity index is 641. The van der Waals surface area contributed by atoms with Crippen molar-refractivity contribution in [2.24, 2.45) is 0 Å². The van der Waals surface area contributed by atoms with Gasteiger partial charge in [-0.05, 0) is 48.9 Å². The van der Waals surface area contributed by atoms with Gasteiger partial charge in [-0.2, -0.15) is 0 Å². The molecule has 0 saturated heterocycles. The Morgan fingerprint density at radius 1 is 1.21 bits per heavy atom. The van der Waals surface area contributed by atoms with Gasteiger partial charge in [0.25, 0.3) is 0 Å². The lowest BCUT2D eigenvalue weighted by Crippen LogP contribution is -2.00. The second kappa shape index (κ2) is 5.63. The van der Waals surface area contributed by atoms with Crippen LogP contribution in [0.15, 0.2) is 40.9 Å². The Morgan fingerprint density at radius 3 is 2.53 bits per heavy atom. The predicted octanol–water partition coefficient (Wildman–Crippen LogP) is 4.90. The van der Waals surface area contributed by atoms with Crippen molar-refractivity contribution in [1.82, 2.24) is 0 Å². The second-order valence-corrected chi connectivity index (χ2v) is 5.31. The summed E-state index contributed by atoms with van der Waals surface area (Å²) in [5.74, 6) is -0.206. The number of aromatic carboxylic acids is 1. The van der Waals surface area contributed by atoms with Gasteiger partial charge in [0, 0.05) is 9.50 Å². The lowest BCUT2D eigenvalue weighted by Gasteiger charge is -2.11. The summed E-state index contributed by atoms with van der Waals surface area (Å²) in [7, 11) is 0. The van der Waals surface area contributed by atoms with Crippen LogP contribution in [-0.4, -0.2) is 11.1 Å². The van der Waals surface area contributed by atoms with E-state index < -0.39 is 5.97 Å². The fraction of sp³-hybridized carbons (Fsp3) is 0.0714. The minimum Gasteiger partial charge on any atom is -0.478 e. The minimum atomic E-state index is -1.08. The zero-order chi connectivity index (χ0) is 14.0. The van der Waals surface area contributed by atoms with E-state index >= 15 is 0 Å². The summed E-state index contributed by atoms with van der Waals surface area (Å²) in [6, 6.07) is 10.0. The van der Waals surface area contributed by atoms with E-state index in [-0.39, 0.29) is 11.3 Å². The first-order valence-corrected chi connectivity index (χ1v) is 6.61. The number of hydrogen-bond acceptors (Lipinski definition) is 2. The van der Waals surface area contributed by atoms with Crippen LogP contribution in [0.2, 0.25) is 5.02 Å². The van der Waals surface area contributed by atoms with Crippen molar-refractivity contribution in [2.75, 3.05) is 0 Å². The molecule has 2 rings (SSSR count). The summed E-state index contributed by atoms with van der Waals surface area (Å²) in [4.78, 5) is 11.2. The van der Waals surface area contributed by atoms with Crippen LogP contribution in [0, 0.1) is 6.92 Å². The normalized spacial score (nSPS) is 10.3. The number of rotatable bonds is 3. The van der Waals surface area contributed by atoms with E-state index in [0.717, 1.165) is 10.0 Å². The summed E-state index contributed by atoms with van der Waals surface area (Å²) >= 11 is 9.15. The quantitative estimate of drug-likeness (QED) is 0.863. The van der Waals surface area contributed by atoms with Crippen molar-refractivity contribution in [3.05, 3.63) is 57.0 Å². The number of aryl methyl sites for hydroxylation is 1. The highest BCUT2D eigenvalue weighted by Gasteiger charge is 2.13. The fourth-order valence-electron chi connectivity index (χ4n) is 1.60. The van der Waals surface area contributed by atoms with Gasteiger partial charge in [-0.15, -0.1) is 0 Å². The van der Waals surface area contributed by atoms with E-state index in [2.05, 4.69) is 15.9 Å². The molecular formula is C14H10BrClO3. The van der Waals surface area contributed by atoms with E-state index in [9.17, 15) is 4.79 Å². The van der Waals surface area contributed by atoms with Crippen LogP contribution < -0.4 is 4.74 Å². The molecule has 0 aliphatic heterocycles. The lowest BCUT2D eigenvalue weighted by molar-refractivity contribution is 0.0694. The predicted molar refractivity (Wildman–Crippen MR) is 77.4 cm³/mol. The second-order valence-electron chi connectivity index (χ2n) is 3.96. The minimum absolute atomic E-state index is 0.0369. The molecular weight excluding hydrogens is 332 g/mol. The standard InChI is InChI=1S/C14H10BrClO3/c1-8-6-9(15)2-4-12(8)19-13-5-3-10(16)7-11(13)14(17)18/h2-7H,1H3,(H,17,18). The third-order valence-corrected chi connectivity index (χ3v) is 3.26. The number of ether oxygens (including phenoxy) is 1. The van der Waals surface area contributed by atoms with Crippen LogP contribution in [0.4, 0.5) is 0 Å². The molecule has 0 bridgehead atoms. The average molecular weight is 342 g/mol. The zero-order valence-corrected chi connectivity index (χ0v) is 12.3. The molecule has 1 N–H and O–H groups in total. The molecule has 0 aliphatic carbocycles. The molecule has 19 heavy (non-hydrogen) atoms. The van der Waals surface area contributed by atoms with Crippen molar-refractivity contribution >= 4 is 33.5 Å². The highest BCUT2D eigenvalue weighted by molar-refractivity contribution is 9.10. The van der Waals surface area contributed by atoms with Gasteiger partial charge in [0.15, 0.2) is 0 Å². The third-order valence-electron chi connectivity index (χ3n) is 2.53. The van der Waals surface area contributed by atoms with Crippen LogP contribution in [0.25, 0.3) is 0 Å². The Kier molecular flexibility index (Phi) is 4.12. The molecule has 0 heterocycles. The number of hydrogen-bond donors (Lipinski definition) is 1. The maximum Gasteiger partial charge on any atom is 0.339 e. The van der Waals surface area contributed by atoms with Crippen LogP contribution in [0.3, 0.4) is 0 Å². The largest absolute Gasteiger partial charge is 0.478 e. The van der Waals surface area contributed by atoms with Crippen molar-refractivity contribution in [2.45, 2.75) is 6.92 Å². The zero-order valence-electron chi connectivity index (χ0n) is 9.98. The molecule has 0 aliphatic rings. The first kappa shape index (κ1) is 13.9. The third kappa shape index (κ3) is 3.28. The molecule has 0 unspecified atom stereocenters. The van der Waals surface area contributed by atoms with Crippen LogP contribution in [-0.2, 0) is 0 Å². The molecule has 0 radical (unpaired) electrons. The summed E-state index contributed by atoms with van der Waals surface area (Å²) in [6.07, 6.45) is 0. The Hall–Kier alpha value is -1.52. The first-order chi connectivity index (χ1) is 8.97. The Morgan fingerprint density at radius 2 is 1.89 bits per heavy atom. The number of benzene rings is 2. The van der Waals surface area contributed by atoms with Crippen molar-refractivity contribution in [3.8, 4) is 11.5 Å². The Labute approximate surface area is 123 Å². The molecule has 3 nitrogen and oxygen atoms in total. The smallest absolute Gasteiger partial charge is 0.339 e. The molecule has 0 fully saturated rings. The number of halogens is 2. The average Bonchev–Trinajstić information content (AvgIpc) is 2.34. The van der Waals surface area contributed by atoms with Gasteiger partial charge in [-0.1, -0.05) is 27.5 Å². The number of carboxylic acids is 1. The van der Waals surface area contributed by atoms with E-state index in [1.54, 1.807) is 18.2 Å². The molecule has 0 spiro atoms. The molecule has 0 atom stereocenters. The maximum absolute atomic E-state index is 11.2. The topological polar surface area (TPSA) is 46.5 Å². The van der Waals surface area contributed by atoms with Gasteiger partial charge in [0.1, 0.15) is 17.1 Å². The number of carbonyl (C=O) groups is 1. The molecule has 2 aromatic rings. The van der Waals surface area contributed by atoms with Gasteiger partial charge < -0.3 is 9.84 Å². The first-order valence-electron chi connectivity index (χ1n) is 5.44. The van der Waals surface area contributed by atoms with Crippen LogP contribution >= 0.6 is 27.5 Å². The lowest BCUT2D eigenvalue weighted by atomic mass is 10.2. The highest BCUT2D eigenvalue weighted by Crippen LogP contribution is 2.31. The fourth-order valence-corrected chi connectivity index (χ4v) is 2.25. The van der Waals surface area contributed by atoms with E-state index in [0.29, 0.717) is 10.8 Å². The number of carboxylic acid groups (broad SMARTS) is 1. The SMILES string of the molecule is Cc1cc(Br)ccc1Oc1ccc(Cl)cc1C(=O)O. The molecule has 0 saturated carbocycles. The summed E-state index contributed by atoms with van der Waals surface area (Å²) in [6.45, 7) is 1.89. The molecule has 98 valence electrons. The van der Waals surface area contributed by atoms with E-state index in [1.807, 2.05) is 19.1 Å². The van der Waals surface area contributed by atoms with Crippen LogP contribution in [0.5, 0.6) is 11.5 Å². The monoisotopic (exact) mass is 340 g/mol. The highest BCUT2D eigenvalue weighted by atomic mass is 79.9. The van der Waals surface area contributed by atoms with E-state index in [1.165, 1.54) is 6.07 Å². The molecule has 5 heteroatoms. The summed E-state index contributed by atoms with van der Waals surface area (Å²) in [5, 5.41) is 9.49. The molecule has 2 aromatic carbocycles. The van der Waals surface area contributed by atoms with Crippen molar-refractivity contribution in [3.63, 3.8) is 0 Å². The van der Waals surface area contributed by atoms with Gasteiger partial charge >= 0.3 is 5.97 Å². The Balaban J connectivity index is 2.40. The molecule has 0 amide bonds. The molecule has 0 aromatic heterocycles. The van der Waals surface area contributed by atoms with Gasteiger partial charge in [0.2, 0.25) is 0 Å².